The molecule has 0 radical (unpaired) electrons. The number of carbonyl (C=O) groups is 3. The van der Waals surface area contributed by atoms with Gasteiger partial charge in [-0.05, 0) is 49.3 Å². The number of imide groups is 1. The van der Waals surface area contributed by atoms with E-state index in [1.807, 2.05) is 29.2 Å². The van der Waals surface area contributed by atoms with E-state index in [9.17, 15) is 14.4 Å². The Bertz CT molecular complexity index is 1160. The summed E-state index contributed by atoms with van der Waals surface area (Å²) in [4.78, 5) is 42.3. The molecule has 0 aromatic heterocycles. The lowest BCUT2D eigenvalue weighted by Gasteiger charge is -2.28. The molecular formula is C27H26N2O3. The molecular weight excluding hydrogens is 400 g/mol. The SMILES string of the molecule is Cc1ccc(CN(C(=O)CCCN2C(=O)c3cccc4cccc(c34)C2=O)C2CC2)cc1. The molecule has 3 aromatic carbocycles. The van der Waals surface area contributed by atoms with Crippen LogP contribution in [0.15, 0.2) is 60.7 Å². The monoisotopic (exact) mass is 426 g/mol. The molecule has 162 valence electrons. The van der Waals surface area contributed by atoms with Crippen molar-refractivity contribution in [2.75, 3.05) is 6.54 Å². The van der Waals surface area contributed by atoms with E-state index in [-0.39, 0.29) is 24.3 Å². The van der Waals surface area contributed by atoms with Crippen LogP contribution in [0.5, 0.6) is 0 Å². The Morgan fingerprint density at radius 3 is 2.16 bits per heavy atom. The first-order valence-corrected chi connectivity index (χ1v) is 11.3. The van der Waals surface area contributed by atoms with Crippen LogP contribution in [0.3, 0.4) is 0 Å². The normalized spacial score (nSPS) is 15.3. The highest BCUT2D eigenvalue weighted by Crippen LogP contribution is 2.31. The van der Waals surface area contributed by atoms with Crippen LogP contribution in [0, 0.1) is 6.92 Å². The maximum atomic E-state index is 13.0. The second-order valence-electron chi connectivity index (χ2n) is 8.81. The third kappa shape index (κ3) is 3.79. The van der Waals surface area contributed by atoms with Crippen LogP contribution >= 0.6 is 0 Å². The Labute approximate surface area is 187 Å². The van der Waals surface area contributed by atoms with Gasteiger partial charge in [0.2, 0.25) is 5.91 Å². The molecule has 1 aliphatic heterocycles. The van der Waals surface area contributed by atoms with Gasteiger partial charge < -0.3 is 4.90 Å². The number of hydrogen-bond acceptors (Lipinski definition) is 3. The van der Waals surface area contributed by atoms with Crippen LogP contribution in [0.25, 0.3) is 10.8 Å². The number of hydrogen-bond donors (Lipinski definition) is 0. The Morgan fingerprint density at radius 2 is 1.56 bits per heavy atom. The molecule has 1 saturated carbocycles. The Balaban J connectivity index is 1.25. The number of rotatable bonds is 7. The summed E-state index contributed by atoms with van der Waals surface area (Å²) in [5.74, 6) is -0.455. The Kier molecular flexibility index (Phi) is 5.25. The average Bonchev–Trinajstić information content (AvgIpc) is 3.64. The highest BCUT2D eigenvalue weighted by atomic mass is 16.2. The van der Waals surface area contributed by atoms with Crippen molar-refractivity contribution < 1.29 is 14.4 Å². The largest absolute Gasteiger partial charge is 0.335 e. The summed E-state index contributed by atoms with van der Waals surface area (Å²) in [7, 11) is 0. The minimum Gasteiger partial charge on any atom is -0.335 e. The molecule has 2 aliphatic rings. The number of benzene rings is 3. The highest BCUT2D eigenvalue weighted by Gasteiger charge is 2.34. The summed E-state index contributed by atoms with van der Waals surface area (Å²) < 4.78 is 0. The van der Waals surface area contributed by atoms with Crippen molar-refractivity contribution in [1.82, 2.24) is 9.80 Å². The van der Waals surface area contributed by atoms with Gasteiger partial charge in [-0.25, -0.2) is 0 Å². The molecule has 5 rings (SSSR count). The van der Waals surface area contributed by atoms with Crippen LogP contribution < -0.4 is 0 Å². The van der Waals surface area contributed by atoms with E-state index in [0.29, 0.717) is 36.6 Å². The zero-order chi connectivity index (χ0) is 22.2. The summed E-state index contributed by atoms with van der Waals surface area (Å²) in [6.45, 7) is 2.91. The van der Waals surface area contributed by atoms with E-state index in [0.717, 1.165) is 29.2 Å². The molecule has 0 bridgehead atoms. The van der Waals surface area contributed by atoms with Gasteiger partial charge in [-0.2, -0.15) is 0 Å². The van der Waals surface area contributed by atoms with Gasteiger partial charge in [-0.3, -0.25) is 19.3 Å². The van der Waals surface area contributed by atoms with E-state index < -0.39 is 0 Å². The number of amides is 3. The number of carbonyl (C=O) groups excluding carboxylic acids is 3. The second-order valence-corrected chi connectivity index (χ2v) is 8.81. The van der Waals surface area contributed by atoms with E-state index in [4.69, 9.17) is 0 Å². The van der Waals surface area contributed by atoms with E-state index in [1.165, 1.54) is 10.5 Å². The molecule has 0 N–H and O–H groups in total. The van der Waals surface area contributed by atoms with Crippen LogP contribution in [-0.4, -0.2) is 40.1 Å². The van der Waals surface area contributed by atoms with Gasteiger partial charge in [0.15, 0.2) is 0 Å². The van der Waals surface area contributed by atoms with Gasteiger partial charge >= 0.3 is 0 Å². The molecule has 0 unspecified atom stereocenters. The van der Waals surface area contributed by atoms with Crippen molar-refractivity contribution in [2.45, 2.75) is 45.2 Å². The molecule has 1 aliphatic carbocycles. The van der Waals surface area contributed by atoms with Crippen LogP contribution in [-0.2, 0) is 11.3 Å². The predicted molar refractivity (Wildman–Crippen MR) is 123 cm³/mol. The molecule has 32 heavy (non-hydrogen) atoms. The van der Waals surface area contributed by atoms with E-state index in [2.05, 4.69) is 31.2 Å². The lowest BCUT2D eigenvalue weighted by molar-refractivity contribution is -0.132. The molecule has 3 aromatic rings. The maximum absolute atomic E-state index is 13.0. The molecule has 0 spiro atoms. The molecule has 0 saturated heterocycles. The van der Waals surface area contributed by atoms with Gasteiger partial charge in [0.25, 0.3) is 11.8 Å². The van der Waals surface area contributed by atoms with Gasteiger partial charge in [0.1, 0.15) is 0 Å². The fourth-order valence-corrected chi connectivity index (χ4v) is 4.51. The summed E-state index contributed by atoms with van der Waals surface area (Å²) >= 11 is 0. The summed E-state index contributed by atoms with van der Waals surface area (Å²) in [5, 5.41) is 1.63. The first kappa shape index (κ1) is 20.4. The fraction of sp³-hybridized carbons (Fsp3) is 0.296. The van der Waals surface area contributed by atoms with Crippen molar-refractivity contribution in [2.24, 2.45) is 0 Å². The number of aryl methyl sites for hydroxylation is 1. The molecule has 5 nitrogen and oxygen atoms in total. The van der Waals surface area contributed by atoms with Gasteiger partial charge in [-0.1, -0.05) is 54.1 Å². The molecule has 3 amide bonds. The minimum absolute atomic E-state index is 0.0903. The third-order valence-corrected chi connectivity index (χ3v) is 6.41. The van der Waals surface area contributed by atoms with Gasteiger partial charge in [0, 0.05) is 42.1 Å². The quantitative estimate of drug-likeness (QED) is 0.514. The van der Waals surface area contributed by atoms with Crippen LogP contribution in [0.4, 0.5) is 0 Å². The molecule has 5 heteroatoms. The lowest BCUT2D eigenvalue weighted by Crippen LogP contribution is -2.41. The zero-order valence-electron chi connectivity index (χ0n) is 18.2. The van der Waals surface area contributed by atoms with Crippen molar-refractivity contribution in [3.63, 3.8) is 0 Å². The van der Waals surface area contributed by atoms with Crippen molar-refractivity contribution in [3.8, 4) is 0 Å². The minimum atomic E-state index is -0.273. The smallest absolute Gasteiger partial charge is 0.261 e. The average molecular weight is 427 g/mol. The lowest BCUT2D eigenvalue weighted by atomic mass is 9.94. The van der Waals surface area contributed by atoms with E-state index in [1.54, 1.807) is 12.1 Å². The topological polar surface area (TPSA) is 57.7 Å². The maximum Gasteiger partial charge on any atom is 0.261 e. The molecule has 1 heterocycles. The standard InChI is InChI=1S/C27H26N2O3/c1-18-10-12-19(13-11-18)17-29(21-14-15-21)24(30)9-4-16-28-26(31)22-7-2-5-20-6-3-8-23(25(20)22)27(28)32/h2-3,5-8,10-13,21H,4,9,14-17H2,1H3. The third-order valence-electron chi connectivity index (χ3n) is 6.41. The zero-order valence-corrected chi connectivity index (χ0v) is 18.2. The van der Waals surface area contributed by atoms with Crippen molar-refractivity contribution >= 4 is 28.5 Å². The first-order valence-electron chi connectivity index (χ1n) is 11.3. The van der Waals surface area contributed by atoms with Crippen molar-refractivity contribution in [3.05, 3.63) is 82.9 Å². The Hall–Kier alpha value is -3.47. The summed E-state index contributed by atoms with van der Waals surface area (Å²) in [6.07, 6.45) is 2.87. The summed E-state index contributed by atoms with van der Waals surface area (Å²) in [6, 6.07) is 19.6. The van der Waals surface area contributed by atoms with Crippen LogP contribution in [0.2, 0.25) is 0 Å². The van der Waals surface area contributed by atoms with Gasteiger partial charge in [-0.15, -0.1) is 0 Å². The van der Waals surface area contributed by atoms with Crippen LogP contribution in [0.1, 0.15) is 57.5 Å². The van der Waals surface area contributed by atoms with Gasteiger partial charge in [0.05, 0.1) is 0 Å². The summed E-state index contributed by atoms with van der Waals surface area (Å²) in [5.41, 5.74) is 3.44. The molecule has 0 atom stereocenters. The first-order chi connectivity index (χ1) is 15.5. The second kappa shape index (κ2) is 8.23. The van der Waals surface area contributed by atoms with E-state index >= 15 is 0 Å². The fourth-order valence-electron chi connectivity index (χ4n) is 4.51. The van der Waals surface area contributed by atoms with Crippen molar-refractivity contribution in [1.29, 1.82) is 0 Å². The number of nitrogens with zero attached hydrogens (tertiary/aromatic N) is 2. The predicted octanol–water partition coefficient (Wildman–Crippen LogP) is 4.72. The Morgan fingerprint density at radius 1 is 0.938 bits per heavy atom. The molecule has 1 fully saturated rings. The highest BCUT2D eigenvalue weighted by molar-refractivity contribution is 6.25.